The highest BCUT2D eigenvalue weighted by molar-refractivity contribution is 7.84. The number of aliphatic hydroxyl groups excluding tert-OH is 2. The molecular weight excluding hydrogens is 222 g/mol. The molecule has 0 amide bonds. The highest BCUT2D eigenvalue weighted by Gasteiger charge is 2.20. The Balaban J connectivity index is 4.03. The SMILES string of the molecule is COS(=O)(=O)NCCC(C(C)O)C(C)O. The molecule has 0 saturated carbocycles. The molecule has 0 rings (SSSR count). The zero-order valence-corrected chi connectivity index (χ0v) is 9.99. The van der Waals surface area contributed by atoms with Crippen molar-refractivity contribution in [1.82, 2.24) is 4.72 Å². The van der Waals surface area contributed by atoms with E-state index >= 15 is 0 Å². The Bertz CT molecular complexity index is 254. The fourth-order valence-electron chi connectivity index (χ4n) is 1.29. The minimum atomic E-state index is -3.68. The Kier molecular flexibility index (Phi) is 6.30. The maximum Gasteiger partial charge on any atom is 0.335 e. The van der Waals surface area contributed by atoms with Gasteiger partial charge in [0.15, 0.2) is 0 Å². The molecule has 2 unspecified atom stereocenters. The molecule has 7 heteroatoms. The Morgan fingerprint density at radius 1 is 1.27 bits per heavy atom. The van der Waals surface area contributed by atoms with Gasteiger partial charge in [-0.15, -0.1) is 0 Å². The predicted octanol–water partition coefficient (Wildman–Crippen LogP) is -0.765. The van der Waals surface area contributed by atoms with Crippen LogP contribution in [-0.4, -0.2) is 44.5 Å². The van der Waals surface area contributed by atoms with E-state index in [1.54, 1.807) is 13.8 Å². The predicted molar refractivity (Wildman–Crippen MR) is 55.4 cm³/mol. The third-order valence-corrected chi connectivity index (χ3v) is 3.21. The van der Waals surface area contributed by atoms with Gasteiger partial charge in [-0.1, -0.05) is 0 Å². The van der Waals surface area contributed by atoms with Gasteiger partial charge in [0.25, 0.3) is 0 Å². The van der Waals surface area contributed by atoms with Crippen LogP contribution >= 0.6 is 0 Å². The molecule has 0 aromatic rings. The maximum atomic E-state index is 10.9. The average molecular weight is 241 g/mol. The zero-order valence-electron chi connectivity index (χ0n) is 9.17. The minimum Gasteiger partial charge on any atom is -0.393 e. The zero-order chi connectivity index (χ0) is 12.1. The van der Waals surface area contributed by atoms with E-state index in [4.69, 9.17) is 0 Å². The summed E-state index contributed by atoms with van der Waals surface area (Å²) >= 11 is 0. The fraction of sp³-hybridized carbons (Fsp3) is 1.00. The third-order valence-electron chi connectivity index (χ3n) is 2.22. The summed E-state index contributed by atoms with van der Waals surface area (Å²) in [5.41, 5.74) is 0. The molecule has 0 heterocycles. The number of aliphatic hydroxyl groups is 2. The molecular formula is C8H19NO5S. The van der Waals surface area contributed by atoms with Crippen LogP contribution in [0.25, 0.3) is 0 Å². The van der Waals surface area contributed by atoms with Crippen LogP contribution in [0.5, 0.6) is 0 Å². The van der Waals surface area contributed by atoms with Gasteiger partial charge in [0, 0.05) is 12.5 Å². The molecule has 0 aromatic carbocycles. The van der Waals surface area contributed by atoms with Gasteiger partial charge in [-0.3, -0.25) is 4.18 Å². The van der Waals surface area contributed by atoms with Crippen LogP contribution < -0.4 is 4.72 Å². The van der Waals surface area contributed by atoms with Crippen molar-refractivity contribution >= 4 is 10.3 Å². The molecule has 0 aliphatic carbocycles. The molecule has 0 aliphatic heterocycles. The summed E-state index contributed by atoms with van der Waals surface area (Å²) in [4.78, 5) is 0. The van der Waals surface area contributed by atoms with Crippen LogP contribution in [0.1, 0.15) is 20.3 Å². The second-order valence-electron chi connectivity index (χ2n) is 3.45. The lowest BCUT2D eigenvalue weighted by atomic mass is 9.94. The van der Waals surface area contributed by atoms with E-state index in [1.807, 2.05) is 0 Å². The molecule has 2 atom stereocenters. The molecule has 0 aliphatic rings. The van der Waals surface area contributed by atoms with Gasteiger partial charge < -0.3 is 10.2 Å². The minimum absolute atomic E-state index is 0.122. The summed E-state index contributed by atoms with van der Waals surface area (Å²) in [5.74, 6) is -0.357. The molecule has 0 saturated heterocycles. The van der Waals surface area contributed by atoms with E-state index in [0.717, 1.165) is 7.11 Å². The molecule has 0 bridgehead atoms. The van der Waals surface area contributed by atoms with Crippen LogP contribution in [0, 0.1) is 5.92 Å². The summed E-state index contributed by atoms with van der Waals surface area (Å²) in [7, 11) is -2.62. The molecule has 92 valence electrons. The molecule has 15 heavy (non-hydrogen) atoms. The first-order valence-corrected chi connectivity index (χ1v) is 6.12. The summed E-state index contributed by atoms with van der Waals surface area (Å²) < 4.78 is 28.1. The second kappa shape index (κ2) is 6.39. The number of hydrogen-bond acceptors (Lipinski definition) is 5. The van der Waals surface area contributed by atoms with Crippen molar-refractivity contribution in [3.05, 3.63) is 0 Å². The Morgan fingerprint density at radius 3 is 2.07 bits per heavy atom. The van der Waals surface area contributed by atoms with Gasteiger partial charge >= 0.3 is 10.3 Å². The molecule has 6 nitrogen and oxygen atoms in total. The van der Waals surface area contributed by atoms with Crippen molar-refractivity contribution in [1.29, 1.82) is 0 Å². The van der Waals surface area contributed by atoms with E-state index < -0.39 is 22.5 Å². The normalized spacial score (nSPS) is 18.5. The largest absolute Gasteiger partial charge is 0.393 e. The van der Waals surface area contributed by atoms with Crippen LogP contribution in [0.3, 0.4) is 0 Å². The van der Waals surface area contributed by atoms with E-state index in [9.17, 15) is 18.6 Å². The summed E-state index contributed by atoms with van der Waals surface area (Å²) in [6.45, 7) is 3.24. The van der Waals surface area contributed by atoms with E-state index in [-0.39, 0.29) is 12.5 Å². The third kappa shape index (κ3) is 6.06. The Morgan fingerprint density at radius 2 is 1.73 bits per heavy atom. The second-order valence-corrected chi connectivity index (χ2v) is 4.98. The smallest absolute Gasteiger partial charge is 0.335 e. The van der Waals surface area contributed by atoms with Crippen molar-refractivity contribution in [2.45, 2.75) is 32.5 Å². The first-order chi connectivity index (χ1) is 6.80. The monoisotopic (exact) mass is 241 g/mol. The highest BCUT2D eigenvalue weighted by Crippen LogP contribution is 2.13. The van der Waals surface area contributed by atoms with Gasteiger partial charge in [0.1, 0.15) is 0 Å². The molecule has 0 radical (unpaired) electrons. The quantitative estimate of drug-likeness (QED) is 0.544. The summed E-state index contributed by atoms with van der Waals surface area (Å²) in [6, 6.07) is 0. The molecule has 0 aromatic heterocycles. The summed E-state index contributed by atoms with van der Waals surface area (Å²) in [6.07, 6.45) is -1.02. The van der Waals surface area contributed by atoms with Gasteiger partial charge in [-0.25, -0.2) is 0 Å². The van der Waals surface area contributed by atoms with E-state index in [2.05, 4.69) is 8.91 Å². The molecule has 0 spiro atoms. The van der Waals surface area contributed by atoms with Gasteiger partial charge in [-0.2, -0.15) is 13.1 Å². The maximum absolute atomic E-state index is 10.9. The van der Waals surface area contributed by atoms with Crippen LogP contribution in [0.2, 0.25) is 0 Å². The first-order valence-electron chi connectivity index (χ1n) is 4.71. The Hall–Kier alpha value is -0.210. The molecule has 3 N–H and O–H groups in total. The number of hydrogen-bond donors (Lipinski definition) is 3. The molecule has 0 fully saturated rings. The van der Waals surface area contributed by atoms with Crippen molar-refractivity contribution in [3.8, 4) is 0 Å². The number of nitrogens with one attached hydrogen (secondary N) is 1. The topological polar surface area (TPSA) is 95.9 Å². The average Bonchev–Trinajstić information content (AvgIpc) is 2.11. The lowest BCUT2D eigenvalue weighted by Gasteiger charge is -2.22. The van der Waals surface area contributed by atoms with Gasteiger partial charge in [0.05, 0.1) is 19.3 Å². The van der Waals surface area contributed by atoms with Crippen LogP contribution in [0.4, 0.5) is 0 Å². The lowest BCUT2D eigenvalue weighted by molar-refractivity contribution is 0.0280. The van der Waals surface area contributed by atoms with Crippen molar-refractivity contribution in [2.24, 2.45) is 5.92 Å². The lowest BCUT2D eigenvalue weighted by Crippen LogP contribution is -2.33. The van der Waals surface area contributed by atoms with Gasteiger partial charge in [-0.05, 0) is 20.3 Å². The van der Waals surface area contributed by atoms with Crippen LogP contribution in [-0.2, 0) is 14.5 Å². The number of rotatable bonds is 7. The van der Waals surface area contributed by atoms with Crippen molar-refractivity contribution in [3.63, 3.8) is 0 Å². The Labute approximate surface area is 90.5 Å². The van der Waals surface area contributed by atoms with Crippen molar-refractivity contribution in [2.75, 3.05) is 13.7 Å². The standard InChI is InChI=1S/C8H19NO5S/c1-6(10)8(7(2)11)4-5-9-15(12,13)14-3/h6-11H,4-5H2,1-3H3. The van der Waals surface area contributed by atoms with Crippen molar-refractivity contribution < 1.29 is 22.8 Å². The first kappa shape index (κ1) is 14.8. The van der Waals surface area contributed by atoms with Crippen LogP contribution in [0.15, 0.2) is 0 Å². The van der Waals surface area contributed by atoms with E-state index in [0.29, 0.717) is 6.42 Å². The highest BCUT2D eigenvalue weighted by atomic mass is 32.2. The fourth-order valence-corrected chi connectivity index (χ4v) is 1.78. The van der Waals surface area contributed by atoms with E-state index in [1.165, 1.54) is 0 Å². The summed E-state index contributed by atoms with van der Waals surface area (Å²) in [5, 5.41) is 18.6. The van der Waals surface area contributed by atoms with Gasteiger partial charge in [0.2, 0.25) is 0 Å².